The van der Waals surface area contributed by atoms with Gasteiger partial charge in [-0.2, -0.15) is 0 Å². The second-order valence-electron chi connectivity index (χ2n) is 4.38. The van der Waals surface area contributed by atoms with Crippen molar-refractivity contribution in [1.29, 1.82) is 0 Å². The van der Waals surface area contributed by atoms with E-state index in [-0.39, 0.29) is 11.5 Å². The van der Waals surface area contributed by atoms with Crippen LogP contribution in [0.3, 0.4) is 0 Å². The van der Waals surface area contributed by atoms with Crippen molar-refractivity contribution in [2.45, 2.75) is 6.04 Å². The Morgan fingerprint density at radius 3 is 3.00 bits per heavy atom. The van der Waals surface area contributed by atoms with Crippen molar-refractivity contribution in [3.8, 4) is 0 Å². The molecule has 1 heterocycles. The number of fused-ring (bicyclic) bond motifs is 1. The zero-order chi connectivity index (χ0) is 15.4. The minimum atomic E-state index is -0.511. The lowest BCUT2D eigenvalue weighted by Crippen LogP contribution is -2.28. The first kappa shape index (κ1) is 15.2. The third-order valence-electron chi connectivity index (χ3n) is 3.12. The number of nitro groups is 1. The maximum Gasteiger partial charge on any atom is 0.331 e. The van der Waals surface area contributed by atoms with Gasteiger partial charge in [0.25, 0.3) is 0 Å². The van der Waals surface area contributed by atoms with E-state index in [1.54, 1.807) is 11.1 Å². The molecule has 0 saturated heterocycles. The van der Waals surface area contributed by atoms with Crippen molar-refractivity contribution >= 4 is 28.0 Å². The van der Waals surface area contributed by atoms with Gasteiger partial charge >= 0.3 is 5.97 Å². The molecular formula is C14H13BrN2O4. The van der Waals surface area contributed by atoms with Crippen LogP contribution in [0.25, 0.3) is 6.08 Å². The fourth-order valence-corrected chi connectivity index (χ4v) is 2.66. The van der Waals surface area contributed by atoms with E-state index < -0.39 is 12.0 Å². The molecule has 1 aromatic rings. The van der Waals surface area contributed by atoms with Crippen molar-refractivity contribution in [2.24, 2.45) is 0 Å². The van der Waals surface area contributed by atoms with Crippen LogP contribution < -0.4 is 0 Å². The molecule has 0 saturated carbocycles. The highest BCUT2D eigenvalue weighted by atomic mass is 79.9. The molecule has 0 N–H and O–H groups in total. The molecule has 0 aliphatic carbocycles. The monoisotopic (exact) mass is 352 g/mol. The van der Waals surface area contributed by atoms with Gasteiger partial charge in [0, 0.05) is 27.9 Å². The molecule has 0 radical (unpaired) electrons. The first-order valence-electron chi connectivity index (χ1n) is 6.15. The van der Waals surface area contributed by atoms with Gasteiger partial charge in [0.2, 0.25) is 6.54 Å². The summed E-state index contributed by atoms with van der Waals surface area (Å²) in [7, 11) is 1.28. The molecule has 110 valence electrons. The van der Waals surface area contributed by atoms with E-state index in [1.165, 1.54) is 19.4 Å². The fourth-order valence-electron chi connectivity index (χ4n) is 2.15. The molecule has 6 nitrogen and oxygen atoms in total. The SMILES string of the molecule is COC(=O)/C=C/N1C=Cc2c(Br)cccc2C1C[N+](=O)[O-]. The number of carbonyl (C=O) groups excluding carboxylic acids is 1. The van der Waals surface area contributed by atoms with Gasteiger partial charge in [-0.25, -0.2) is 4.79 Å². The number of halogens is 1. The van der Waals surface area contributed by atoms with Gasteiger partial charge in [-0.05, 0) is 23.3 Å². The van der Waals surface area contributed by atoms with Gasteiger partial charge in [0.15, 0.2) is 0 Å². The number of carbonyl (C=O) groups is 1. The summed E-state index contributed by atoms with van der Waals surface area (Å²) in [6.07, 6.45) is 6.28. The van der Waals surface area contributed by atoms with E-state index in [2.05, 4.69) is 20.7 Å². The van der Waals surface area contributed by atoms with Crippen LogP contribution in [0.2, 0.25) is 0 Å². The number of ether oxygens (including phenoxy) is 1. The second-order valence-corrected chi connectivity index (χ2v) is 5.23. The number of hydrogen-bond donors (Lipinski definition) is 0. The largest absolute Gasteiger partial charge is 0.466 e. The third kappa shape index (κ3) is 3.49. The van der Waals surface area contributed by atoms with E-state index in [9.17, 15) is 14.9 Å². The highest BCUT2D eigenvalue weighted by Crippen LogP contribution is 2.34. The number of methoxy groups -OCH3 is 1. The van der Waals surface area contributed by atoms with Gasteiger partial charge in [-0.15, -0.1) is 0 Å². The molecule has 0 bridgehead atoms. The van der Waals surface area contributed by atoms with Gasteiger partial charge in [0.05, 0.1) is 7.11 Å². The van der Waals surface area contributed by atoms with Crippen LogP contribution in [0.1, 0.15) is 17.2 Å². The molecule has 1 aliphatic rings. The molecule has 21 heavy (non-hydrogen) atoms. The van der Waals surface area contributed by atoms with E-state index in [0.717, 1.165) is 15.6 Å². The summed E-state index contributed by atoms with van der Waals surface area (Å²) in [5.41, 5.74) is 1.74. The number of rotatable bonds is 4. The predicted octanol–water partition coefficient (Wildman–Crippen LogP) is 2.74. The molecule has 7 heteroatoms. The molecule has 2 rings (SSSR count). The second kappa shape index (κ2) is 6.53. The van der Waals surface area contributed by atoms with Crippen LogP contribution in [0.4, 0.5) is 0 Å². The van der Waals surface area contributed by atoms with E-state index >= 15 is 0 Å². The zero-order valence-electron chi connectivity index (χ0n) is 11.2. The predicted molar refractivity (Wildman–Crippen MR) is 80.8 cm³/mol. The number of nitrogens with zero attached hydrogens (tertiary/aromatic N) is 2. The Kier molecular flexibility index (Phi) is 4.74. The van der Waals surface area contributed by atoms with Gasteiger partial charge < -0.3 is 9.64 Å². The maximum atomic E-state index is 11.2. The standard InChI is InChI=1S/C14H13BrN2O4/c1-21-14(18)6-8-16-7-5-10-11(3-2-4-12(10)15)13(16)9-17(19)20/h2-8,13H,9H2,1H3/b8-6+. The highest BCUT2D eigenvalue weighted by Gasteiger charge is 2.27. The lowest BCUT2D eigenvalue weighted by molar-refractivity contribution is -0.486. The van der Waals surface area contributed by atoms with E-state index in [0.29, 0.717) is 0 Å². The van der Waals surface area contributed by atoms with Gasteiger partial charge in [-0.3, -0.25) is 10.1 Å². The maximum absolute atomic E-state index is 11.2. The van der Waals surface area contributed by atoms with Gasteiger partial charge in [0.1, 0.15) is 6.04 Å². The van der Waals surface area contributed by atoms with Crippen LogP contribution in [0.5, 0.6) is 0 Å². The number of benzene rings is 1. The van der Waals surface area contributed by atoms with Crippen molar-refractivity contribution in [3.63, 3.8) is 0 Å². The van der Waals surface area contributed by atoms with Crippen LogP contribution in [0, 0.1) is 10.1 Å². The molecule has 0 spiro atoms. The van der Waals surface area contributed by atoms with E-state index in [4.69, 9.17) is 0 Å². The summed E-state index contributed by atoms with van der Waals surface area (Å²) in [6, 6.07) is 5.08. The van der Waals surface area contributed by atoms with Crippen molar-refractivity contribution in [1.82, 2.24) is 4.90 Å². The smallest absolute Gasteiger partial charge is 0.331 e. The average molecular weight is 353 g/mol. The molecule has 1 atom stereocenters. The van der Waals surface area contributed by atoms with Crippen molar-refractivity contribution in [2.75, 3.05) is 13.7 Å². The topological polar surface area (TPSA) is 72.7 Å². The molecule has 0 fully saturated rings. The van der Waals surface area contributed by atoms with Gasteiger partial charge in [-0.1, -0.05) is 28.1 Å². The minimum Gasteiger partial charge on any atom is -0.466 e. The molecule has 1 unspecified atom stereocenters. The molecule has 1 aromatic carbocycles. The summed E-state index contributed by atoms with van der Waals surface area (Å²) < 4.78 is 5.40. The number of hydrogen-bond acceptors (Lipinski definition) is 5. The lowest BCUT2D eigenvalue weighted by Gasteiger charge is -2.30. The first-order valence-corrected chi connectivity index (χ1v) is 6.94. The highest BCUT2D eigenvalue weighted by molar-refractivity contribution is 9.10. The molecule has 1 aliphatic heterocycles. The Hall–Kier alpha value is -2.15. The Labute approximate surface area is 130 Å². The molecule has 0 aromatic heterocycles. The van der Waals surface area contributed by atoms with Crippen molar-refractivity contribution < 1.29 is 14.5 Å². The lowest BCUT2D eigenvalue weighted by atomic mass is 9.96. The van der Waals surface area contributed by atoms with Crippen LogP contribution in [0.15, 0.2) is 41.1 Å². The Morgan fingerprint density at radius 1 is 1.57 bits per heavy atom. The summed E-state index contributed by atoms with van der Waals surface area (Å²) in [5.74, 6) is -0.511. The van der Waals surface area contributed by atoms with E-state index in [1.807, 2.05) is 24.3 Å². The Bertz CT molecular complexity index is 627. The van der Waals surface area contributed by atoms with Crippen molar-refractivity contribution in [3.05, 3.63) is 62.4 Å². The fraction of sp³-hybridized carbons (Fsp3) is 0.214. The summed E-state index contributed by atoms with van der Waals surface area (Å²) >= 11 is 3.44. The number of esters is 1. The molecule has 0 amide bonds. The first-order chi connectivity index (χ1) is 10.0. The summed E-state index contributed by atoms with van der Waals surface area (Å²) in [4.78, 5) is 23.4. The van der Waals surface area contributed by atoms with Crippen LogP contribution >= 0.6 is 15.9 Å². The minimum absolute atomic E-state index is 0.265. The third-order valence-corrected chi connectivity index (χ3v) is 3.82. The Balaban J connectivity index is 2.37. The quantitative estimate of drug-likeness (QED) is 0.360. The summed E-state index contributed by atoms with van der Waals surface area (Å²) in [5, 5.41) is 10.9. The Morgan fingerprint density at radius 2 is 2.33 bits per heavy atom. The normalized spacial score (nSPS) is 16.9. The van der Waals surface area contributed by atoms with Crippen LogP contribution in [-0.2, 0) is 9.53 Å². The molecular weight excluding hydrogens is 340 g/mol. The zero-order valence-corrected chi connectivity index (χ0v) is 12.8. The van der Waals surface area contributed by atoms with Crippen LogP contribution in [-0.4, -0.2) is 29.4 Å². The summed E-state index contributed by atoms with van der Waals surface area (Å²) in [6.45, 7) is -0.265. The average Bonchev–Trinajstić information content (AvgIpc) is 2.46.